The number of carbonyl (C=O) groups is 1. The van der Waals surface area contributed by atoms with E-state index in [9.17, 15) is 4.79 Å². The van der Waals surface area contributed by atoms with Gasteiger partial charge in [-0.05, 0) is 49.6 Å². The Labute approximate surface area is 160 Å². The SMILES string of the molecule is CCc1c(C(=O)NCCc2ccc(OC)cc2)cnn1-c1ccc(C)cc1. The van der Waals surface area contributed by atoms with Crippen molar-refractivity contribution in [2.24, 2.45) is 0 Å². The third-order valence-electron chi connectivity index (χ3n) is 4.59. The Kier molecular flexibility index (Phi) is 5.91. The summed E-state index contributed by atoms with van der Waals surface area (Å²) in [6.45, 7) is 4.66. The van der Waals surface area contributed by atoms with Crippen molar-refractivity contribution in [2.45, 2.75) is 26.7 Å². The molecule has 140 valence electrons. The second-order valence-corrected chi connectivity index (χ2v) is 6.46. The second kappa shape index (κ2) is 8.54. The van der Waals surface area contributed by atoms with Gasteiger partial charge >= 0.3 is 0 Å². The first kappa shape index (κ1) is 18.7. The number of carbonyl (C=O) groups excluding carboxylic acids is 1. The van der Waals surface area contributed by atoms with Gasteiger partial charge in [-0.1, -0.05) is 36.8 Å². The van der Waals surface area contributed by atoms with Gasteiger partial charge in [0.25, 0.3) is 5.91 Å². The summed E-state index contributed by atoms with van der Waals surface area (Å²) in [5.41, 5.74) is 4.87. The largest absolute Gasteiger partial charge is 0.497 e. The van der Waals surface area contributed by atoms with E-state index in [2.05, 4.69) is 17.3 Å². The Morgan fingerprint density at radius 3 is 2.44 bits per heavy atom. The van der Waals surface area contributed by atoms with Crippen molar-refractivity contribution in [1.82, 2.24) is 15.1 Å². The smallest absolute Gasteiger partial charge is 0.254 e. The molecule has 0 saturated carbocycles. The van der Waals surface area contributed by atoms with E-state index >= 15 is 0 Å². The maximum absolute atomic E-state index is 12.6. The lowest BCUT2D eigenvalue weighted by molar-refractivity contribution is 0.0953. The number of aromatic nitrogens is 2. The van der Waals surface area contributed by atoms with Crippen molar-refractivity contribution in [1.29, 1.82) is 0 Å². The molecule has 1 amide bonds. The molecule has 1 heterocycles. The Bertz CT molecular complexity index is 896. The van der Waals surface area contributed by atoms with E-state index in [0.717, 1.165) is 35.5 Å². The predicted molar refractivity (Wildman–Crippen MR) is 107 cm³/mol. The van der Waals surface area contributed by atoms with Crippen molar-refractivity contribution in [3.8, 4) is 11.4 Å². The van der Waals surface area contributed by atoms with Gasteiger partial charge in [0.2, 0.25) is 0 Å². The Hall–Kier alpha value is -3.08. The molecule has 2 aromatic carbocycles. The monoisotopic (exact) mass is 363 g/mol. The van der Waals surface area contributed by atoms with E-state index in [1.54, 1.807) is 13.3 Å². The number of methoxy groups -OCH3 is 1. The molecule has 1 N–H and O–H groups in total. The lowest BCUT2D eigenvalue weighted by Crippen LogP contribution is -2.26. The van der Waals surface area contributed by atoms with Crippen LogP contribution in [0.15, 0.2) is 54.7 Å². The maximum atomic E-state index is 12.6. The van der Waals surface area contributed by atoms with Crippen LogP contribution in [0.4, 0.5) is 0 Å². The molecule has 0 atom stereocenters. The van der Waals surface area contributed by atoms with Gasteiger partial charge in [-0.25, -0.2) is 4.68 Å². The van der Waals surface area contributed by atoms with Crippen LogP contribution in [-0.2, 0) is 12.8 Å². The molecule has 0 bridgehead atoms. The number of hydrogen-bond acceptors (Lipinski definition) is 3. The summed E-state index contributed by atoms with van der Waals surface area (Å²) < 4.78 is 7.01. The standard InChI is InChI=1S/C22H25N3O2/c1-4-21-20(15-24-25(21)18-9-5-16(2)6-10-18)22(26)23-14-13-17-7-11-19(27-3)12-8-17/h5-12,15H,4,13-14H2,1-3H3,(H,23,26). The number of hydrogen-bond donors (Lipinski definition) is 1. The fourth-order valence-corrected chi connectivity index (χ4v) is 3.02. The van der Waals surface area contributed by atoms with Crippen molar-refractivity contribution in [2.75, 3.05) is 13.7 Å². The molecule has 0 aliphatic rings. The van der Waals surface area contributed by atoms with E-state index in [0.29, 0.717) is 12.1 Å². The molecule has 0 unspecified atom stereocenters. The highest BCUT2D eigenvalue weighted by atomic mass is 16.5. The third-order valence-corrected chi connectivity index (χ3v) is 4.59. The number of benzene rings is 2. The van der Waals surface area contributed by atoms with Gasteiger partial charge < -0.3 is 10.1 Å². The molecule has 0 aliphatic carbocycles. The first-order chi connectivity index (χ1) is 13.1. The van der Waals surface area contributed by atoms with Gasteiger partial charge in [-0.3, -0.25) is 4.79 Å². The molecule has 1 aromatic heterocycles. The summed E-state index contributed by atoms with van der Waals surface area (Å²) in [4.78, 5) is 12.6. The summed E-state index contributed by atoms with van der Waals surface area (Å²) in [6, 6.07) is 16.0. The number of rotatable bonds is 7. The van der Waals surface area contributed by atoms with Crippen LogP contribution in [0.25, 0.3) is 5.69 Å². The van der Waals surface area contributed by atoms with Crippen molar-refractivity contribution < 1.29 is 9.53 Å². The van der Waals surface area contributed by atoms with Crippen LogP contribution < -0.4 is 10.1 Å². The molecule has 27 heavy (non-hydrogen) atoms. The van der Waals surface area contributed by atoms with E-state index in [1.165, 1.54) is 5.56 Å². The number of ether oxygens (including phenoxy) is 1. The van der Waals surface area contributed by atoms with E-state index in [4.69, 9.17) is 4.74 Å². The third kappa shape index (κ3) is 4.37. The highest BCUT2D eigenvalue weighted by molar-refractivity contribution is 5.95. The van der Waals surface area contributed by atoms with Crippen LogP contribution in [0, 0.1) is 6.92 Å². The average molecular weight is 363 g/mol. The Morgan fingerprint density at radius 1 is 1.11 bits per heavy atom. The number of amides is 1. The van der Waals surface area contributed by atoms with Crippen LogP contribution in [0.3, 0.4) is 0 Å². The number of aryl methyl sites for hydroxylation is 1. The summed E-state index contributed by atoms with van der Waals surface area (Å²) >= 11 is 0. The summed E-state index contributed by atoms with van der Waals surface area (Å²) in [5, 5.41) is 7.44. The molecule has 0 spiro atoms. The van der Waals surface area contributed by atoms with Gasteiger partial charge in [0, 0.05) is 6.54 Å². The summed E-state index contributed by atoms with van der Waals surface area (Å²) in [7, 11) is 1.65. The maximum Gasteiger partial charge on any atom is 0.254 e. The normalized spacial score (nSPS) is 10.6. The molecule has 0 aliphatic heterocycles. The summed E-state index contributed by atoms with van der Waals surface area (Å²) in [6.07, 6.45) is 3.15. The first-order valence-electron chi connectivity index (χ1n) is 9.17. The average Bonchev–Trinajstić information content (AvgIpc) is 3.13. The van der Waals surface area contributed by atoms with E-state index < -0.39 is 0 Å². The molecule has 5 nitrogen and oxygen atoms in total. The van der Waals surface area contributed by atoms with Crippen LogP contribution in [-0.4, -0.2) is 29.3 Å². The van der Waals surface area contributed by atoms with Crippen LogP contribution in [0.5, 0.6) is 5.75 Å². The molecule has 0 fully saturated rings. The minimum absolute atomic E-state index is 0.0845. The van der Waals surface area contributed by atoms with Gasteiger partial charge in [-0.2, -0.15) is 5.10 Å². The van der Waals surface area contributed by atoms with Crippen LogP contribution in [0.1, 0.15) is 34.1 Å². The van der Waals surface area contributed by atoms with E-state index in [1.807, 2.05) is 60.1 Å². The number of nitrogens with zero attached hydrogens (tertiary/aromatic N) is 2. The van der Waals surface area contributed by atoms with Gasteiger partial charge in [0.15, 0.2) is 0 Å². The Balaban J connectivity index is 1.66. The first-order valence-corrected chi connectivity index (χ1v) is 9.17. The zero-order valence-electron chi connectivity index (χ0n) is 16.0. The van der Waals surface area contributed by atoms with Crippen molar-refractivity contribution in [3.63, 3.8) is 0 Å². The zero-order valence-corrected chi connectivity index (χ0v) is 16.0. The van der Waals surface area contributed by atoms with Gasteiger partial charge in [0.05, 0.1) is 30.3 Å². The highest BCUT2D eigenvalue weighted by Crippen LogP contribution is 2.17. The van der Waals surface area contributed by atoms with Crippen LogP contribution in [0.2, 0.25) is 0 Å². The molecular formula is C22H25N3O2. The van der Waals surface area contributed by atoms with Gasteiger partial charge in [0.1, 0.15) is 5.75 Å². The zero-order chi connectivity index (χ0) is 19.2. The molecule has 3 rings (SSSR count). The van der Waals surface area contributed by atoms with Gasteiger partial charge in [-0.15, -0.1) is 0 Å². The lowest BCUT2D eigenvalue weighted by atomic mass is 10.1. The molecule has 0 saturated heterocycles. The van der Waals surface area contributed by atoms with Crippen molar-refractivity contribution >= 4 is 5.91 Å². The minimum atomic E-state index is -0.0845. The second-order valence-electron chi connectivity index (χ2n) is 6.46. The molecular weight excluding hydrogens is 338 g/mol. The quantitative estimate of drug-likeness (QED) is 0.696. The molecule has 0 radical (unpaired) electrons. The predicted octanol–water partition coefficient (Wildman–Crippen LogP) is 3.72. The topological polar surface area (TPSA) is 56.1 Å². The fourth-order valence-electron chi connectivity index (χ4n) is 3.02. The van der Waals surface area contributed by atoms with E-state index in [-0.39, 0.29) is 5.91 Å². The summed E-state index contributed by atoms with van der Waals surface area (Å²) in [5.74, 6) is 0.748. The molecule has 3 aromatic rings. The van der Waals surface area contributed by atoms with Crippen LogP contribution >= 0.6 is 0 Å². The minimum Gasteiger partial charge on any atom is -0.497 e. The number of nitrogens with one attached hydrogen (secondary N) is 1. The Morgan fingerprint density at radius 2 is 1.81 bits per heavy atom. The fraction of sp³-hybridized carbons (Fsp3) is 0.273. The highest BCUT2D eigenvalue weighted by Gasteiger charge is 2.16. The lowest BCUT2D eigenvalue weighted by Gasteiger charge is -2.09. The molecule has 5 heteroatoms. The van der Waals surface area contributed by atoms with Crippen molar-refractivity contribution in [3.05, 3.63) is 77.1 Å².